The standard InChI is InChI=1S/C25H31N5O2/c1-30(2)23-21-9-4-5-10-22(21)28-25(29-23)27-19-13-11-17(12-14-19)16-26-24(31)18-7-6-8-20(15-18)32-3/h4-10,15,17,19H,11-14,16H2,1-3H3,(H,26,31)(H,27,28,29)/t17-,19+. The number of rotatable bonds is 7. The summed E-state index contributed by atoms with van der Waals surface area (Å²) in [6.45, 7) is 0.694. The molecule has 2 aromatic carbocycles. The lowest BCUT2D eigenvalue weighted by Crippen LogP contribution is -2.34. The van der Waals surface area contributed by atoms with Crippen molar-refractivity contribution in [3.8, 4) is 5.75 Å². The Balaban J connectivity index is 1.31. The quantitative estimate of drug-likeness (QED) is 0.584. The molecule has 7 nitrogen and oxygen atoms in total. The summed E-state index contributed by atoms with van der Waals surface area (Å²) < 4.78 is 5.20. The van der Waals surface area contributed by atoms with E-state index in [1.807, 2.05) is 55.4 Å². The van der Waals surface area contributed by atoms with Crippen LogP contribution in [0.3, 0.4) is 0 Å². The highest BCUT2D eigenvalue weighted by molar-refractivity contribution is 5.94. The van der Waals surface area contributed by atoms with Gasteiger partial charge in [0.1, 0.15) is 11.6 Å². The molecule has 0 aliphatic heterocycles. The molecule has 32 heavy (non-hydrogen) atoms. The smallest absolute Gasteiger partial charge is 0.251 e. The molecule has 1 amide bonds. The topological polar surface area (TPSA) is 79.4 Å². The molecular formula is C25H31N5O2. The van der Waals surface area contributed by atoms with Crippen molar-refractivity contribution in [2.45, 2.75) is 31.7 Å². The van der Waals surface area contributed by atoms with Gasteiger partial charge in [0.15, 0.2) is 0 Å². The number of nitrogens with zero attached hydrogens (tertiary/aromatic N) is 3. The molecule has 3 aromatic rings. The Labute approximate surface area is 189 Å². The summed E-state index contributed by atoms with van der Waals surface area (Å²) in [5.74, 6) is 2.73. The molecule has 0 radical (unpaired) electrons. The van der Waals surface area contributed by atoms with Gasteiger partial charge < -0.3 is 20.3 Å². The molecule has 168 valence electrons. The number of hydrogen-bond acceptors (Lipinski definition) is 6. The third-order valence-corrected chi connectivity index (χ3v) is 6.07. The average molecular weight is 434 g/mol. The highest BCUT2D eigenvalue weighted by Crippen LogP contribution is 2.28. The van der Waals surface area contributed by atoms with Crippen LogP contribution in [0.5, 0.6) is 5.75 Å². The number of anilines is 2. The molecule has 0 saturated heterocycles. The highest BCUT2D eigenvalue weighted by Gasteiger charge is 2.23. The molecule has 4 rings (SSSR count). The fourth-order valence-electron chi connectivity index (χ4n) is 4.26. The second-order valence-electron chi connectivity index (χ2n) is 8.59. The molecule has 0 bridgehead atoms. The number of fused-ring (bicyclic) bond motifs is 1. The van der Waals surface area contributed by atoms with Crippen LogP contribution in [0, 0.1) is 5.92 Å². The predicted molar refractivity (Wildman–Crippen MR) is 129 cm³/mol. The van der Waals surface area contributed by atoms with Crippen LogP contribution >= 0.6 is 0 Å². The van der Waals surface area contributed by atoms with E-state index >= 15 is 0 Å². The van der Waals surface area contributed by atoms with Gasteiger partial charge in [0, 0.05) is 37.6 Å². The number of methoxy groups -OCH3 is 1. The van der Waals surface area contributed by atoms with Gasteiger partial charge in [-0.05, 0) is 61.9 Å². The van der Waals surface area contributed by atoms with E-state index < -0.39 is 0 Å². The van der Waals surface area contributed by atoms with E-state index in [0.717, 1.165) is 42.4 Å². The molecule has 1 aliphatic rings. The minimum Gasteiger partial charge on any atom is -0.497 e. The van der Waals surface area contributed by atoms with Crippen molar-refractivity contribution in [2.24, 2.45) is 5.92 Å². The number of hydrogen-bond donors (Lipinski definition) is 2. The number of carbonyl (C=O) groups excluding carboxylic acids is 1. The average Bonchev–Trinajstić information content (AvgIpc) is 2.82. The van der Waals surface area contributed by atoms with Crippen molar-refractivity contribution in [1.82, 2.24) is 15.3 Å². The summed E-state index contributed by atoms with van der Waals surface area (Å²) in [5.41, 5.74) is 1.58. The van der Waals surface area contributed by atoms with Crippen molar-refractivity contribution in [3.63, 3.8) is 0 Å². The van der Waals surface area contributed by atoms with Crippen LogP contribution in [-0.4, -0.2) is 49.7 Å². The summed E-state index contributed by atoms with van der Waals surface area (Å²) in [5, 5.41) is 7.68. The number of nitrogens with one attached hydrogen (secondary N) is 2. The zero-order chi connectivity index (χ0) is 22.5. The van der Waals surface area contributed by atoms with Gasteiger partial charge in [0.2, 0.25) is 5.95 Å². The first-order valence-electron chi connectivity index (χ1n) is 11.2. The zero-order valence-corrected chi connectivity index (χ0v) is 19.0. The monoisotopic (exact) mass is 433 g/mol. The predicted octanol–water partition coefficient (Wildman–Crippen LogP) is 4.11. The van der Waals surface area contributed by atoms with E-state index in [0.29, 0.717) is 35.8 Å². The van der Waals surface area contributed by atoms with Gasteiger partial charge in [0.25, 0.3) is 5.91 Å². The van der Waals surface area contributed by atoms with E-state index in [1.165, 1.54) is 0 Å². The van der Waals surface area contributed by atoms with Crippen molar-refractivity contribution < 1.29 is 9.53 Å². The van der Waals surface area contributed by atoms with Crippen molar-refractivity contribution in [1.29, 1.82) is 0 Å². The van der Waals surface area contributed by atoms with Crippen LogP contribution in [0.4, 0.5) is 11.8 Å². The van der Waals surface area contributed by atoms with E-state index in [1.54, 1.807) is 13.2 Å². The van der Waals surface area contributed by atoms with Crippen molar-refractivity contribution in [3.05, 3.63) is 54.1 Å². The van der Waals surface area contributed by atoms with Gasteiger partial charge in [-0.25, -0.2) is 4.98 Å². The largest absolute Gasteiger partial charge is 0.497 e. The third-order valence-electron chi connectivity index (χ3n) is 6.07. The Kier molecular flexibility index (Phi) is 6.73. The number of amides is 1. The van der Waals surface area contributed by atoms with Gasteiger partial charge >= 0.3 is 0 Å². The fourth-order valence-corrected chi connectivity index (χ4v) is 4.26. The van der Waals surface area contributed by atoms with E-state index in [4.69, 9.17) is 14.7 Å². The Morgan fingerprint density at radius 1 is 1.06 bits per heavy atom. The Bertz CT molecular complexity index is 1080. The summed E-state index contributed by atoms with van der Waals surface area (Å²) in [6.07, 6.45) is 4.19. The van der Waals surface area contributed by atoms with Gasteiger partial charge in [0.05, 0.1) is 12.6 Å². The van der Waals surface area contributed by atoms with Crippen LogP contribution in [0.25, 0.3) is 10.9 Å². The second-order valence-corrected chi connectivity index (χ2v) is 8.59. The molecule has 2 N–H and O–H groups in total. The molecule has 1 aromatic heterocycles. The van der Waals surface area contributed by atoms with Crippen LogP contribution in [0.2, 0.25) is 0 Å². The first kappa shape index (κ1) is 21.9. The molecule has 0 atom stereocenters. The fraction of sp³-hybridized carbons (Fsp3) is 0.400. The number of aromatic nitrogens is 2. The summed E-state index contributed by atoms with van der Waals surface area (Å²) in [7, 11) is 5.61. The Morgan fingerprint density at radius 2 is 1.84 bits per heavy atom. The zero-order valence-electron chi connectivity index (χ0n) is 19.0. The number of para-hydroxylation sites is 1. The van der Waals surface area contributed by atoms with Crippen LogP contribution < -0.4 is 20.3 Å². The molecule has 1 aliphatic carbocycles. The van der Waals surface area contributed by atoms with Crippen molar-refractivity contribution in [2.75, 3.05) is 38.0 Å². The number of benzene rings is 2. The summed E-state index contributed by atoms with van der Waals surface area (Å²) in [6, 6.07) is 15.7. The summed E-state index contributed by atoms with van der Waals surface area (Å²) in [4.78, 5) is 24.0. The van der Waals surface area contributed by atoms with Gasteiger partial charge in [-0.1, -0.05) is 18.2 Å². The van der Waals surface area contributed by atoms with Gasteiger partial charge in [-0.2, -0.15) is 4.98 Å². The molecular weight excluding hydrogens is 402 g/mol. The molecule has 1 heterocycles. The molecule has 0 unspecified atom stereocenters. The molecule has 7 heteroatoms. The van der Waals surface area contributed by atoms with Gasteiger partial charge in [-0.3, -0.25) is 4.79 Å². The molecule has 1 fully saturated rings. The lowest BCUT2D eigenvalue weighted by atomic mass is 9.86. The molecule has 0 spiro atoms. The SMILES string of the molecule is COc1cccc(C(=O)NC[C@H]2CC[C@@H](Nc3nc(N(C)C)c4ccccc4n3)CC2)c1. The summed E-state index contributed by atoms with van der Waals surface area (Å²) >= 11 is 0. The third kappa shape index (κ3) is 5.10. The first-order valence-corrected chi connectivity index (χ1v) is 11.2. The minimum absolute atomic E-state index is 0.0510. The lowest BCUT2D eigenvalue weighted by molar-refractivity contribution is 0.0943. The maximum Gasteiger partial charge on any atom is 0.251 e. The Morgan fingerprint density at radius 3 is 2.59 bits per heavy atom. The van der Waals surface area contributed by atoms with Crippen LogP contribution in [-0.2, 0) is 0 Å². The van der Waals surface area contributed by atoms with E-state index in [9.17, 15) is 4.79 Å². The van der Waals surface area contributed by atoms with E-state index in [-0.39, 0.29) is 5.91 Å². The second kappa shape index (κ2) is 9.85. The maximum absolute atomic E-state index is 12.5. The number of ether oxygens (including phenoxy) is 1. The number of carbonyl (C=O) groups is 1. The van der Waals surface area contributed by atoms with Crippen LogP contribution in [0.15, 0.2) is 48.5 Å². The maximum atomic E-state index is 12.5. The van der Waals surface area contributed by atoms with Gasteiger partial charge in [-0.15, -0.1) is 0 Å². The van der Waals surface area contributed by atoms with Crippen molar-refractivity contribution >= 4 is 28.6 Å². The normalized spacial score (nSPS) is 18.2. The van der Waals surface area contributed by atoms with Crippen LogP contribution in [0.1, 0.15) is 36.0 Å². The molecule has 1 saturated carbocycles. The Hall–Kier alpha value is -3.35. The first-order chi connectivity index (χ1) is 15.5. The highest BCUT2D eigenvalue weighted by atomic mass is 16.5. The lowest BCUT2D eigenvalue weighted by Gasteiger charge is -2.29. The minimum atomic E-state index is -0.0510. The van der Waals surface area contributed by atoms with E-state index in [2.05, 4.69) is 16.7 Å².